The Labute approximate surface area is 131 Å². The van der Waals surface area contributed by atoms with Gasteiger partial charge in [-0.05, 0) is 35.2 Å². The first-order chi connectivity index (χ1) is 9.78. The molecule has 3 fully saturated rings. The SMILES string of the molecule is O=C1N(CC2CSCCS2)C(c2ccsc2)NC12CC2. The summed E-state index contributed by atoms with van der Waals surface area (Å²) in [6.07, 6.45) is 2.12. The lowest BCUT2D eigenvalue weighted by molar-refractivity contribution is -0.130. The van der Waals surface area contributed by atoms with Gasteiger partial charge in [-0.3, -0.25) is 10.1 Å². The highest BCUT2D eigenvalue weighted by molar-refractivity contribution is 8.06. The molecule has 1 aliphatic carbocycles. The zero-order chi connectivity index (χ0) is 13.6. The van der Waals surface area contributed by atoms with Crippen LogP contribution < -0.4 is 5.32 Å². The van der Waals surface area contributed by atoms with E-state index in [0.29, 0.717) is 11.2 Å². The number of nitrogens with zero attached hydrogens (tertiary/aromatic N) is 1. The minimum atomic E-state index is -0.209. The number of thioether (sulfide) groups is 2. The molecule has 0 bridgehead atoms. The van der Waals surface area contributed by atoms with Gasteiger partial charge in [0.1, 0.15) is 11.7 Å². The lowest BCUT2D eigenvalue weighted by atomic mass is 10.2. The Kier molecular flexibility index (Phi) is 3.53. The third-order valence-corrected chi connectivity index (χ3v) is 7.82. The van der Waals surface area contributed by atoms with Crippen LogP contribution in [0.4, 0.5) is 0 Å². The molecule has 1 aromatic rings. The number of carbonyl (C=O) groups excluding carboxylic acids is 1. The van der Waals surface area contributed by atoms with Crippen LogP contribution in [0.5, 0.6) is 0 Å². The number of rotatable bonds is 3. The maximum atomic E-state index is 12.7. The van der Waals surface area contributed by atoms with Gasteiger partial charge in [-0.25, -0.2) is 0 Å². The van der Waals surface area contributed by atoms with Crippen molar-refractivity contribution < 1.29 is 4.79 Å². The molecule has 3 aliphatic rings. The van der Waals surface area contributed by atoms with E-state index in [-0.39, 0.29) is 11.7 Å². The molecule has 0 radical (unpaired) electrons. The second kappa shape index (κ2) is 5.23. The Morgan fingerprint density at radius 2 is 2.30 bits per heavy atom. The van der Waals surface area contributed by atoms with Crippen molar-refractivity contribution >= 4 is 40.8 Å². The van der Waals surface area contributed by atoms with Crippen LogP contribution in [0.15, 0.2) is 16.8 Å². The smallest absolute Gasteiger partial charge is 0.244 e. The highest BCUT2D eigenvalue weighted by Gasteiger charge is 2.59. The van der Waals surface area contributed by atoms with Crippen LogP contribution in [0.3, 0.4) is 0 Å². The summed E-state index contributed by atoms with van der Waals surface area (Å²) in [6.45, 7) is 0.895. The Bertz CT molecular complexity index is 495. The predicted octanol–water partition coefficient (Wildman–Crippen LogP) is 2.56. The molecule has 3 heterocycles. The Morgan fingerprint density at radius 1 is 1.40 bits per heavy atom. The summed E-state index contributed by atoms with van der Waals surface area (Å²) >= 11 is 5.77. The Hall–Kier alpha value is -0.170. The summed E-state index contributed by atoms with van der Waals surface area (Å²) in [5, 5.41) is 8.46. The lowest BCUT2D eigenvalue weighted by Gasteiger charge is -2.29. The van der Waals surface area contributed by atoms with Crippen molar-refractivity contribution in [2.75, 3.05) is 23.8 Å². The molecule has 20 heavy (non-hydrogen) atoms. The van der Waals surface area contributed by atoms with Gasteiger partial charge in [0.15, 0.2) is 0 Å². The van der Waals surface area contributed by atoms with Crippen LogP contribution in [-0.2, 0) is 4.79 Å². The van der Waals surface area contributed by atoms with Gasteiger partial charge in [-0.15, -0.1) is 0 Å². The van der Waals surface area contributed by atoms with Crippen LogP contribution in [0.2, 0.25) is 0 Å². The molecule has 1 saturated carbocycles. The molecule has 1 spiro atoms. The van der Waals surface area contributed by atoms with Crippen molar-refractivity contribution in [3.8, 4) is 0 Å². The van der Waals surface area contributed by atoms with E-state index in [1.54, 1.807) is 11.3 Å². The molecule has 2 saturated heterocycles. The van der Waals surface area contributed by atoms with E-state index in [4.69, 9.17) is 0 Å². The third-order valence-electron chi connectivity index (χ3n) is 4.29. The highest BCUT2D eigenvalue weighted by Crippen LogP contribution is 2.46. The molecule has 108 valence electrons. The number of hydrogen-bond donors (Lipinski definition) is 1. The molecule has 1 N–H and O–H groups in total. The van der Waals surface area contributed by atoms with Gasteiger partial charge in [-0.1, -0.05) is 0 Å². The van der Waals surface area contributed by atoms with Gasteiger partial charge >= 0.3 is 0 Å². The molecule has 1 amide bonds. The summed E-state index contributed by atoms with van der Waals surface area (Å²) in [4.78, 5) is 14.8. The van der Waals surface area contributed by atoms with Crippen molar-refractivity contribution in [2.24, 2.45) is 0 Å². The second-order valence-electron chi connectivity index (χ2n) is 5.71. The summed E-state index contributed by atoms with van der Waals surface area (Å²) < 4.78 is 0. The first-order valence-corrected chi connectivity index (χ1v) is 10.2. The summed E-state index contributed by atoms with van der Waals surface area (Å²) in [5.74, 6) is 3.99. The fraction of sp³-hybridized carbons (Fsp3) is 0.643. The van der Waals surface area contributed by atoms with Gasteiger partial charge in [0.2, 0.25) is 5.91 Å². The molecule has 6 heteroatoms. The molecular weight excluding hydrogens is 308 g/mol. The third kappa shape index (κ3) is 2.30. The fourth-order valence-corrected chi connectivity index (χ4v) is 6.36. The first-order valence-electron chi connectivity index (χ1n) is 7.09. The van der Waals surface area contributed by atoms with Crippen molar-refractivity contribution in [1.82, 2.24) is 10.2 Å². The van der Waals surface area contributed by atoms with E-state index in [0.717, 1.165) is 19.4 Å². The topological polar surface area (TPSA) is 32.3 Å². The monoisotopic (exact) mass is 326 g/mol. The van der Waals surface area contributed by atoms with E-state index in [2.05, 4.69) is 27.0 Å². The van der Waals surface area contributed by atoms with Crippen molar-refractivity contribution in [3.63, 3.8) is 0 Å². The Morgan fingerprint density at radius 3 is 2.95 bits per heavy atom. The van der Waals surface area contributed by atoms with Crippen molar-refractivity contribution in [1.29, 1.82) is 0 Å². The molecule has 2 aliphatic heterocycles. The zero-order valence-electron chi connectivity index (χ0n) is 11.2. The summed E-state index contributed by atoms with van der Waals surface area (Å²) in [5.41, 5.74) is 1.04. The minimum absolute atomic E-state index is 0.101. The van der Waals surface area contributed by atoms with Gasteiger partial charge in [-0.2, -0.15) is 34.9 Å². The van der Waals surface area contributed by atoms with Crippen molar-refractivity contribution in [2.45, 2.75) is 29.8 Å². The molecule has 4 rings (SSSR count). The van der Waals surface area contributed by atoms with Crippen LogP contribution in [-0.4, -0.2) is 45.4 Å². The Balaban J connectivity index is 1.55. The van der Waals surface area contributed by atoms with Crippen LogP contribution >= 0.6 is 34.9 Å². The highest BCUT2D eigenvalue weighted by atomic mass is 32.2. The van der Waals surface area contributed by atoms with Gasteiger partial charge in [0.25, 0.3) is 0 Å². The standard InChI is InChI=1S/C14H18N2OS3/c17-13-14(2-3-14)15-12(10-1-4-18-8-10)16(13)7-11-9-19-5-6-20-11/h1,4,8,11-12,15H,2-3,5-7,9H2. The van der Waals surface area contributed by atoms with Crippen LogP contribution in [0, 0.1) is 0 Å². The molecule has 1 aromatic heterocycles. The largest absolute Gasteiger partial charge is 0.320 e. The minimum Gasteiger partial charge on any atom is -0.320 e. The number of thiophene rings is 1. The molecule has 3 nitrogen and oxygen atoms in total. The molecule has 2 unspecified atom stereocenters. The summed E-state index contributed by atoms with van der Waals surface area (Å²) in [6, 6.07) is 2.15. The molecule has 2 atom stereocenters. The van der Waals surface area contributed by atoms with Gasteiger partial charge in [0.05, 0.1) is 0 Å². The normalized spacial score (nSPS) is 32.0. The maximum absolute atomic E-state index is 12.7. The average molecular weight is 327 g/mol. The van der Waals surface area contributed by atoms with Crippen molar-refractivity contribution in [3.05, 3.63) is 22.4 Å². The first kappa shape index (κ1) is 13.5. The average Bonchev–Trinajstić information content (AvgIpc) is 2.96. The van der Waals surface area contributed by atoms with E-state index >= 15 is 0 Å². The van der Waals surface area contributed by atoms with E-state index in [9.17, 15) is 4.79 Å². The van der Waals surface area contributed by atoms with E-state index in [1.807, 2.05) is 23.5 Å². The van der Waals surface area contributed by atoms with Gasteiger partial charge < -0.3 is 4.90 Å². The van der Waals surface area contributed by atoms with Crippen LogP contribution in [0.25, 0.3) is 0 Å². The number of carbonyl (C=O) groups is 1. The predicted molar refractivity (Wildman–Crippen MR) is 87.4 cm³/mol. The number of amides is 1. The molecular formula is C14H18N2OS3. The quantitative estimate of drug-likeness (QED) is 0.925. The molecule has 0 aromatic carbocycles. The van der Waals surface area contributed by atoms with Crippen LogP contribution in [0.1, 0.15) is 24.6 Å². The van der Waals surface area contributed by atoms with E-state index in [1.165, 1.54) is 22.8 Å². The summed E-state index contributed by atoms with van der Waals surface area (Å²) in [7, 11) is 0. The number of hydrogen-bond acceptors (Lipinski definition) is 5. The fourth-order valence-electron chi connectivity index (χ4n) is 3.02. The number of nitrogens with one attached hydrogen (secondary N) is 1. The zero-order valence-corrected chi connectivity index (χ0v) is 13.7. The second-order valence-corrected chi connectivity index (χ2v) is 9.05. The van der Waals surface area contributed by atoms with Gasteiger partial charge in [0, 0.05) is 29.1 Å². The van der Waals surface area contributed by atoms with E-state index < -0.39 is 0 Å². The lowest BCUT2D eigenvalue weighted by Crippen LogP contribution is -2.38. The maximum Gasteiger partial charge on any atom is 0.244 e.